The second-order valence-corrected chi connectivity index (χ2v) is 6.26. The Bertz CT molecular complexity index is 1110. The van der Waals surface area contributed by atoms with Crippen LogP contribution in [-0.4, -0.2) is 35.9 Å². The second-order valence-electron chi connectivity index (χ2n) is 6.26. The molecule has 0 atom stereocenters. The third kappa shape index (κ3) is 2.06. The molecule has 0 spiro atoms. The van der Waals surface area contributed by atoms with E-state index in [0.717, 1.165) is 5.56 Å². The predicted octanol–water partition coefficient (Wildman–Crippen LogP) is 1.49. The number of rotatable bonds is 2. The summed E-state index contributed by atoms with van der Waals surface area (Å²) in [7, 11) is 0. The number of nitrogens with zero attached hydrogens (tertiary/aromatic N) is 5. The standard InChI is InChI=1S/C16H15N7O2/c17-14-12-13(7-1-2-11-10(3-7)21-16(18)25-11)22-23(8-4-9(24)5-8)15(12)20-6-19-14/h1-3,6,8-9,24H,4-5H2,(H2,18,21)(H2,17,19,20). The summed E-state index contributed by atoms with van der Waals surface area (Å²) in [5.41, 5.74) is 15.1. The molecule has 25 heavy (non-hydrogen) atoms. The van der Waals surface area contributed by atoms with Gasteiger partial charge in [-0.15, -0.1) is 0 Å². The van der Waals surface area contributed by atoms with E-state index in [-0.39, 0.29) is 18.2 Å². The fourth-order valence-corrected chi connectivity index (χ4v) is 3.30. The molecule has 9 heteroatoms. The molecule has 3 heterocycles. The zero-order valence-corrected chi connectivity index (χ0v) is 13.1. The molecule has 4 aromatic rings. The molecule has 5 rings (SSSR count). The number of nitrogen functional groups attached to an aromatic ring is 2. The van der Waals surface area contributed by atoms with E-state index in [1.54, 1.807) is 6.07 Å². The first-order chi connectivity index (χ1) is 12.1. The minimum atomic E-state index is -0.290. The van der Waals surface area contributed by atoms with Crippen LogP contribution >= 0.6 is 0 Å². The van der Waals surface area contributed by atoms with Crippen LogP contribution in [0.4, 0.5) is 11.8 Å². The number of nitrogens with two attached hydrogens (primary N) is 2. The van der Waals surface area contributed by atoms with Crippen LogP contribution in [0.3, 0.4) is 0 Å². The molecule has 126 valence electrons. The van der Waals surface area contributed by atoms with Crippen LogP contribution in [-0.2, 0) is 0 Å². The third-order valence-corrected chi connectivity index (χ3v) is 4.63. The molecule has 5 N–H and O–H groups in total. The second kappa shape index (κ2) is 4.90. The van der Waals surface area contributed by atoms with Gasteiger partial charge >= 0.3 is 0 Å². The van der Waals surface area contributed by atoms with Crippen LogP contribution in [0.2, 0.25) is 0 Å². The van der Waals surface area contributed by atoms with E-state index in [9.17, 15) is 5.11 Å². The number of hydrogen-bond donors (Lipinski definition) is 3. The van der Waals surface area contributed by atoms with Crippen LogP contribution in [0.15, 0.2) is 28.9 Å². The fraction of sp³-hybridized carbons (Fsp3) is 0.250. The highest BCUT2D eigenvalue weighted by Gasteiger charge is 2.32. The molecule has 1 fully saturated rings. The van der Waals surface area contributed by atoms with E-state index >= 15 is 0 Å². The molecule has 0 unspecified atom stereocenters. The van der Waals surface area contributed by atoms with Gasteiger partial charge in [-0.25, -0.2) is 14.6 Å². The largest absolute Gasteiger partial charge is 0.424 e. The van der Waals surface area contributed by atoms with Gasteiger partial charge in [-0.2, -0.15) is 10.1 Å². The SMILES string of the molecule is Nc1nc2cc(-c3nn(C4CC(O)C4)c4ncnc(N)c34)ccc2o1. The van der Waals surface area contributed by atoms with Crippen molar-refractivity contribution in [1.29, 1.82) is 0 Å². The van der Waals surface area contributed by atoms with Crippen molar-refractivity contribution in [1.82, 2.24) is 24.7 Å². The lowest BCUT2D eigenvalue weighted by Gasteiger charge is -2.31. The van der Waals surface area contributed by atoms with Gasteiger partial charge in [0, 0.05) is 5.56 Å². The normalized spacial score (nSPS) is 20.2. The summed E-state index contributed by atoms with van der Waals surface area (Å²) in [6, 6.07) is 5.75. The molecule has 1 aromatic carbocycles. The Morgan fingerprint density at radius 3 is 2.84 bits per heavy atom. The first-order valence-electron chi connectivity index (χ1n) is 7.93. The van der Waals surface area contributed by atoms with Crippen molar-refractivity contribution in [2.45, 2.75) is 25.0 Å². The van der Waals surface area contributed by atoms with Crippen LogP contribution in [0.5, 0.6) is 0 Å². The predicted molar refractivity (Wildman–Crippen MR) is 91.4 cm³/mol. The Labute approximate surface area is 141 Å². The topological polar surface area (TPSA) is 142 Å². The fourth-order valence-electron chi connectivity index (χ4n) is 3.30. The average molecular weight is 337 g/mol. The summed E-state index contributed by atoms with van der Waals surface area (Å²) in [5, 5.41) is 15.0. The zero-order valence-electron chi connectivity index (χ0n) is 13.1. The number of fused-ring (bicyclic) bond motifs is 2. The monoisotopic (exact) mass is 337 g/mol. The van der Waals surface area contributed by atoms with Gasteiger partial charge in [0.15, 0.2) is 11.2 Å². The first-order valence-corrected chi connectivity index (χ1v) is 7.93. The maximum absolute atomic E-state index is 9.62. The van der Waals surface area contributed by atoms with Gasteiger partial charge in [0.1, 0.15) is 23.4 Å². The van der Waals surface area contributed by atoms with Gasteiger partial charge in [-0.05, 0) is 31.0 Å². The maximum atomic E-state index is 9.62. The number of hydrogen-bond acceptors (Lipinski definition) is 8. The van der Waals surface area contributed by atoms with Crippen LogP contribution in [0.25, 0.3) is 33.4 Å². The van der Waals surface area contributed by atoms with Gasteiger partial charge in [-0.3, -0.25) is 0 Å². The van der Waals surface area contributed by atoms with Crippen LogP contribution < -0.4 is 11.5 Å². The van der Waals surface area contributed by atoms with Crippen molar-refractivity contribution in [2.75, 3.05) is 11.5 Å². The molecule has 0 saturated heterocycles. The van der Waals surface area contributed by atoms with Gasteiger partial charge in [0.05, 0.1) is 17.5 Å². The van der Waals surface area contributed by atoms with E-state index < -0.39 is 0 Å². The molecule has 1 aliphatic rings. The van der Waals surface area contributed by atoms with Crippen molar-refractivity contribution in [3.63, 3.8) is 0 Å². The van der Waals surface area contributed by atoms with Crippen molar-refractivity contribution in [3.05, 3.63) is 24.5 Å². The highest BCUT2D eigenvalue weighted by Crippen LogP contribution is 2.38. The third-order valence-electron chi connectivity index (χ3n) is 4.63. The summed E-state index contributed by atoms with van der Waals surface area (Å²) in [6.07, 6.45) is 2.44. The lowest BCUT2D eigenvalue weighted by atomic mass is 9.90. The van der Waals surface area contributed by atoms with Gasteiger partial charge in [0.25, 0.3) is 6.01 Å². The van der Waals surface area contributed by atoms with Crippen molar-refractivity contribution in [2.24, 2.45) is 0 Å². The molecule has 1 saturated carbocycles. The van der Waals surface area contributed by atoms with E-state index in [2.05, 4.69) is 15.0 Å². The molecule has 0 aliphatic heterocycles. The number of benzene rings is 1. The maximum Gasteiger partial charge on any atom is 0.292 e. The molecular weight excluding hydrogens is 322 g/mol. The van der Waals surface area contributed by atoms with Gasteiger partial charge in [0.2, 0.25) is 0 Å². The molecule has 0 amide bonds. The summed E-state index contributed by atoms with van der Waals surface area (Å²) >= 11 is 0. The quantitative estimate of drug-likeness (QED) is 0.499. The van der Waals surface area contributed by atoms with Crippen molar-refractivity contribution < 1.29 is 9.52 Å². The highest BCUT2D eigenvalue weighted by molar-refractivity contribution is 5.99. The lowest BCUT2D eigenvalue weighted by molar-refractivity contribution is 0.0452. The highest BCUT2D eigenvalue weighted by atomic mass is 16.4. The van der Waals surface area contributed by atoms with E-state index in [1.807, 2.05) is 16.8 Å². The Morgan fingerprint density at radius 2 is 2.04 bits per heavy atom. The summed E-state index contributed by atoms with van der Waals surface area (Å²) in [5.74, 6) is 0.367. The Morgan fingerprint density at radius 1 is 1.20 bits per heavy atom. The van der Waals surface area contributed by atoms with Crippen molar-refractivity contribution >= 4 is 34.0 Å². The average Bonchev–Trinajstić information content (AvgIpc) is 3.11. The van der Waals surface area contributed by atoms with Gasteiger partial charge < -0.3 is 21.0 Å². The molecule has 0 radical (unpaired) electrons. The van der Waals surface area contributed by atoms with Crippen LogP contribution in [0.1, 0.15) is 18.9 Å². The molecule has 3 aromatic heterocycles. The summed E-state index contributed by atoms with van der Waals surface area (Å²) in [4.78, 5) is 12.6. The minimum absolute atomic E-state index is 0.104. The minimum Gasteiger partial charge on any atom is -0.424 e. The van der Waals surface area contributed by atoms with E-state index in [4.69, 9.17) is 21.0 Å². The Hall–Kier alpha value is -3.20. The number of aliphatic hydroxyl groups excluding tert-OH is 1. The summed E-state index contributed by atoms with van der Waals surface area (Å²) < 4.78 is 7.15. The number of oxazole rings is 1. The lowest BCUT2D eigenvalue weighted by Crippen LogP contribution is -2.31. The molecular formula is C16H15N7O2. The molecule has 0 bridgehead atoms. The van der Waals surface area contributed by atoms with Gasteiger partial charge in [-0.1, -0.05) is 0 Å². The summed E-state index contributed by atoms with van der Waals surface area (Å²) in [6.45, 7) is 0. The van der Waals surface area contributed by atoms with E-state index in [0.29, 0.717) is 46.5 Å². The van der Waals surface area contributed by atoms with Crippen molar-refractivity contribution in [3.8, 4) is 11.3 Å². The van der Waals surface area contributed by atoms with Crippen LogP contribution in [0, 0.1) is 0 Å². The number of aromatic nitrogens is 5. The Kier molecular flexibility index (Phi) is 2.78. The molecule has 9 nitrogen and oxygen atoms in total. The first kappa shape index (κ1) is 14.2. The van der Waals surface area contributed by atoms with E-state index in [1.165, 1.54) is 6.33 Å². The number of aliphatic hydroxyl groups is 1. The molecule has 1 aliphatic carbocycles. The zero-order chi connectivity index (χ0) is 17.1. The number of anilines is 2. The smallest absolute Gasteiger partial charge is 0.292 e. The Balaban J connectivity index is 1.74.